The first-order valence-corrected chi connectivity index (χ1v) is 7.55. The molecule has 1 aliphatic heterocycles. The third kappa shape index (κ3) is 6.22. The highest BCUT2D eigenvalue weighted by Gasteiger charge is 2.33. The number of likely N-dealkylation sites (tertiary alicyclic amines) is 1. The van der Waals surface area contributed by atoms with E-state index in [4.69, 9.17) is 15.8 Å². The van der Waals surface area contributed by atoms with E-state index in [0.717, 1.165) is 19.6 Å². The minimum Gasteiger partial charge on any atom is -0.480 e. The second-order valence-corrected chi connectivity index (χ2v) is 5.84. The molecule has 0 unspecified atom stereocenters. The summed E-state index contributed by atoms with van der Waals surface area (Å²) >= 11 is 0. The van der Waals surface area contributed by atoms with Crippen LogP contribution in [0, 0.1) is 0 Å². The predicted octanol–water partition coefficient (Wildman–Crippen LogP) is 0.288. The molecule has 20 heavy (non-hydrogen) atoms. The molecule has 1 saturated heterocycles. The molecule has 0 aromatic carbocycles. The first kappa shape index (κ1) is 17.4. The number of carboxylic acids is 1. The van der Waals surface area contributed by atoms with Gasteiger partial charge in [0.05, 0.1) is 0 Å². The van der Waals surface area contributed by atoms with Gasteiger partial charge in [-0.15, -0.1) is 0 Å². The number of hydrogen-bond acceptors (Lipinski definition) is 5. The number of carboxylic acid groups (broad SMARTS) is 1. The normalized spacial score (nSPS) is 19.6. The SMILES string of the molecule is N[C@@](CCCCB(O)O)(CCN1CCCCC1)C(=O)O. The molecule has 0 aromatic heterocycles. The van der Waals surface area contributed by atoms with Crippen molar-refractivity contribution in [2.75, 3.05) is 19.6 Å². The molecule has 1 heterocycles. The lowest BCUT2D eigenvalue weighted by atomic mass is 9.81. The summed E-state index contributed by atoms with van der Waals surface area (Å²) in [6, 6.07) is 0. The van der Waals surface area contributed by atoms with E-state index in [0.29, 0.717) is 25.7 Å². The van der Waals surface area contributed by atoms with E-state index in [9.17, 15) is 9.90 Å². The standard InChI is InChI=1S/C13H27BN2O4/c15-13(12(17)18,6-2-3-8-14(19)20)7-11-16-9-4-1-5-10-16/h19-20H,1-11,15H2,(H,17,18)/t13-/m0/s1. The molecule has 0 amide bonds. The molecule has 1 aliphatic rings. The highest BCUT2D eigenvalue weighted by molar-refractivity contribution is 6.40. The number of aliphatic carboxylic acids is 1. The van der Waals surface area contributed by atoms with Gasteiger partial charge in [0.15, 0.2) is 0 Å². The van der Waals surface area contributed by atoms with Crippen LogP contribution in [-0.2, 0) is 4.79 Å². The Morgan fingerprint density at radius 2 is 1.80 bits per heavy atom. The van der Waals surface area contributed by atoms with Crippen LogP contribution in [0.25, 0.3) is 0 Å². The number of nitrogens with zero attached hydrogens (tertiary/aromatic N) is 1. The summed E-state index contributed by atoms with van der Waals surface area (Å²) < 4.78 is 0. The number of nitrogens with two attached hydrogens (primary N) is 1. The lowest BCUT2D eigenvalue weighted by Gasteiger charge is -2.31. The van der Waals surface area contributed by atoms with Crippen molar-refractivity contribution in [1.82, 2.24) is 4.90 Å². The molecule has 7 heteroatoms. The number of unbranched alkanes of at least 4 members (excludes halogenated alkanes) is 1. The van der Waals surface area contributed by atoms with Gasteiger partial charge in [-0.1, -0.05) is 19.3 Å². The van der Waals surface area contributed by atoms with E-state index >= 15 is 0 Å². The van der Waals surface area contributed by atoms with E-state index in [1.807, 2.05) is 0 Å². The topological polar surface area (TPSA) is 107 Å². The number of rotatable bonds is 9. The van der Waals surface area contributed by atoms with Crippen molar-refractivity contribution in [2.45, 2.75) is 56.8 Å². The van der Waals surface area contributed by atoms with Crippen molar-refractivity contribution in [3.05, 3.63) is 0 Å². The van der Waals surface area contributed by atoms with E-state index in [1.54, 1.807) is 0 Å². The van der Waals surface area contributed by atoms with E-state index in [2.05, 4.69) is 4.90 Å². The maximum atomic E-state index is 11.4. The highest BCUT2D eigenvalue weighted by atomic mass is 16.4. The Morgan fingerprint density at radius 3 is 2.35 bits per heavy atom. The van der Waals surface area contributed by atoms with E-state index in [-0.39, 0.29) is 6.32 Å². The molecule has 0 aliphatic carbocycles. The molecule has 6 nitrogen and oxygen atoms in total. The fourth-order valence-electron chi connectivity index (χ4n) is 2.65. The zero-order valence-corrected chi connectivity index (χ0v) is 12.1. The third-order valence-electron chi connectivity index (χ3n) is 4.08. The smallest absolute Gasteiger partial charge is 0.451 e. The zero-order chi connectivity index (χ0) is 15.0. The molecule has 0 aromatic rings. The van der Waals surface area contributed by atoms with Crippen molar-refractivity contribution >= 4 is 13.1 Å². The third-order valence-corrected chi connectivity index (χ3v) is 4.08. The van der Waals surface area contributed by atoms with Gasteiger partial charge >= 0.3 is 13.1 Å². The fraction of sp³-hybridized carbons (Fsp3) is 0.923. The molecule has 1 atom stereocenters. The second kappa shape index (κ2) is 8.62. The van der Waals surface area contributed by atoms with Crippen LogP contribution in [0.2, 0.25) is 6.32 Å². The van der Waals surface area contributed by atoms with Crippen molar-refractivity contribution in [2.24, 2.45) is 5.73 Å². The molecule has 0 bridgehead atoms. The minimum absolute atomic E-state index is 0.266. The molecule has 1 rings (SSSR count). The summed E-state index contributed by atoms with van der Waals surface area (Å²) in [5.41, 5.74) is 4.83. The molecule has 116 valence electrons. The highest BCUT2D eigenvalue weighted by Crippen LogP contribution is 2.19. The van der Waals surface area contributed by atoms with Crippen LogP contribution in [0.4, 0.5) is 0 Å². The van der Waals surface area contributed by atoms with Gasteiger partial charge in [0.25, 0.3) is 0 Å². The maximum absolute atomic E-state index is 11.4. The summed E-state index contributed by atoms with van der Waals surface area (Å²) in [5.74, 6) is -0.959. The van der Waals surface area contributed by atoms with Crippen LogP contribution >= 0.6 is 0 Å². The van der Waals surface area contributed by atoms with Gasteiger partial charge in [0.1, 0.15) is 5.54 Å². The Labute approximate surface area is 121 Å². The van der Waals surface area contributed by atoms with Crippen molar-refractivity contribution in [1.29, 1.82) is 0 Å². The maximum Gasteiger partial charge on any atom is 0.451 e. The largest absolute Gasteiger partial charge is 0.480 e. The number of piperidine rings is 1. The predicted molar refractivity (Wildman–Crippen MR) is 78.3 cm³/mol. The van der Waals surface area contributed by atoms with Crippen LogP contribution < -0.4 is 5.73 Å². The second-order valence-electron chi connectivity index (χ2n) is 5.84. The monoisotopic (exact) mass is 286 g/mol. The Morgan fingerprint density at radius 1 is 1.15 bits per heavy atom. The Kier molecular flexibility index (Phi) is 7.51. The Balaban J connectivity index is 2.34. The van der Waals surface area contributed by atoms with Crippen LogP contribution in [0.3, 0.4) is 0 Å². The average molecular weight is 286 g/mol. The Bertz CT molecular complexity index is 298. The van der Waals surface area contributed by atoms with Gasteiger partial charge in [-0.2, -0.15) is 0 Å². The molecule has 1 fully saturated rings. The van der Waals surface area contributed by atoms with Gasteiger partial charge in [-0.25, -0.2) is 0 Å². The summed E-state index contributed by atoms with van der Waals surface area (Å²) in [7, 11) is -1.32. The van der Waals surface area contributed by atoms with Gasteiger partial charge in [0.2, 0.25) is 0 Å². The fourth-order valence-corrected chi connectivity index (χ4v) is 2.65. The van der Waals surface area contributed by atoms with Crippen LogP contribution in [0.5, 0.6) is 0 Å². The molecule has 0 spiro atoms. The zero-order valence-electron chi connectivity index (χ0n) is 12.1. The van der Waals surface area contributed by atoms with Crippen molar-refractivity contribution in [3.8, 4) is 0 Å². The van der Waals surface area contributed by atoms with Gasteiger partial charge in [0, 0.05) is 6.54 Å². The molecular formula is C13H27BN2O4. The van der Waals surface area contributed by atoms with Crippen LogP contribution in [0.1, 0.15) is 44.9 Å². The van der Waals surface area contributed by atoms with E-state index in [1.165, 1.54) is 19.3 Å². The molecule has 0 radical (unpaired) electrons. The van der Waals surface area contributed by atoms with Gasteiger partial charge in [-0.05, 0) is 45.1 Å². The van der Waals surface area contributed by atoms with Crippen molar-refractivity contribution in [3.63, 3.8) is 0 Å². The Hall–Kier alpha value is -0.625. The minimum atomic E-state index is -1.32. The first-order chi connectivity index (χ1) is 9.44. The lowest BCUT2D eigenvalue weighted by Crippen LogP contribution is -2.50. The van der Waals surface area contributed by atoms with Crippen molar-refractivity contribution < 1.29 is 19.9 Å². The average Bonchev–Trinajstić information content (AvgIpc) is 2.42. The summed E-state index contributed by atoms with van der Waals surface area (Å²) in [5, 5.41) is 26.9. The number of carbonyl (C=O) groups is 1. The van der Waals surface area contributed by atoms with E-state index < -0.39 is 18.6 Å². The summed E-state index contributed by atoms with van der Waals surface area (Å²) in [4.78, 5) is 13.7. The van der Waals surface area contributed by atoms with Crippen LogP contribution in [-0.4, -0.2) is 58.3 Å². The summed E-state index contributed by atoms with van der Waals surface area (Å²) in [6.45, 7) is 2.80. The first-order valence-electron chi connectivity index (χ1n) is 7.55. The quantitative estimate of drug-likeness (QED) is 0.358. The van der Waals surface area contributed by atoms with Crippen LogP contribution in [0.15, 0.2) is 0 Å². The lowest BCUT2D eigenvalue weighted by molar-refractivity contribution is -0.144. The van der Waals surface area contributed by atoms with Gasteiger partial charge < -0.3 is 25.8 Å². The summed E-state index contributed by atoms with van der Waals surface area (Å²) in [6.07, 6.45) is 5.88. The van der Waals surface area contributed by atoms with Gasteiger partial charge in [-0.3, -0.25) is 4.79 Å². The number of hydrogen-bond donors (Lipinski definition) is 4. The molecular weight excluding hydrogens is 259 g/mol. The molecule has 0 saturated carbocycles. The molecule has 5 N–H and O–H groups in total.